The molecule has 2 aromatic carbocycles. The molecule has 2 aromatic rings. The molecule has 0 aromatic heterocycles. The molecule has 3 N–H and O–H groups in total. The Bertz CT molecular complexity index is 1510. The zero-order chi connectivity index (χ0) is 28.5. The second kappa shape index (κ2) is 8.87. The van der Waals surface area contributed by atoms with E-state index in [1.54, 1.807) is 31.2 Å². The summed E-state index contributed by atoms with van der Waals surface area (Å²) in [5, 5.41) is 2.67. The lowest BCUT2D eigenvalue weighted by Crippen LogP contribution is -2.54. The smallest absolute Gasteiger partial charge is 0.416 e. The summed E-state index contributed by atoms with van der Waals surface area (Å²) in [6.45, 7) is 5.15. The van der Waals surface area contributed by atoms with Crippen molar-refractivity contribution in [2.24, 2.45) is 11.1 Å². The van der Waals surface area contributed by atoms with E-state index in [-0.39, 0.29) is 52.8 Å². The minimum atomic E-state index is -4.71. The molecule has 0 radical (unpaired) electrons. The summed E-state index contributed by atoms with van der Waals surface area (Å²) in [7, 11) is 0. The molecule has 1 aliphatic carbocycles. The molecule has 11 heteroatoms. The number of hydrogen-bond acceptors (Lipinski definition) is 6. The predicted octanol–water partition coefficient (Wildman–Crippen LogP) is 5.45. The third-order valence-electron chi connectivity index (χ3n) is 7.28. The van der Waals surface area contributed by atoms with E-state index >= 15 is 0 Å². The number of hydrogen-bond donors (Lipinski definition) is 2. The first-order valence-electron chi connectivity index (χ1n) is 12.3. The van der Waals surface area contributed by atoms with E-state index in [0.29, 0.717) is 11.3 Å². The number of Topliss-reactive ketones (excluding diaryl/α,β-unsaturated/α-hetero) is 1. The van der Waals surface area contributed by atoms with Crippen molar-refractivity contribution in [3.63, 3.8) is 0 Å². The number of alkyl halides is 3. The van der Waals surface area contributed by atoms with Gasteiger partial charge in [0.05, 0.1) is 22.9 Å². The maximum absolute atomic E-state index is 14.0. The predicted molar refractivity (Wildman–Crippen MR) is 139 cm³/mol. The number of benzene rings is 2. The number of carbonyl (C=O) groups excluding carboxylic acids is 3. The monoisotopic (exact) mass is 559 g/mol. The van der Waals surface area contributed by atoms with Crippen LogP contribution in [-0.4, -0.2) is 24.3 Å². The van der Waals surface area contributed by atoms with E-state index in [2.05, 4.69) is 5.32 Å². The highest BCUT2D eigenvalue weighted by molar-refractivity contribution is 6.33. The summed E-state index contributed by atoms with van der Waals surface area (Å²) < 4.78 is 46.6. The molecule has 1 unspecified atom stereocenters. The number of ether oxygens (including phenoxy) is 1. The van der Waals surface area contributed by atoms with Gasteiger partial charge >= 0.3 is 12.1 Å². The summed E-state index contributed by atoms with van der Waals surface area (Å²) >= 11 is 6.44. The Balaban J connectivity index is 1.93. The number of carbonyl (C=O) groups is 3. The molecular formula is C28H25ClF3N3O4. The number of ketones is 1. The molecule has 39 heavy (non-hydrogen) atoms. The Morgan fingerprint density at radius 1 is 1.15 bits per heavy atom. The molecule has 204 valence electrons. The van der Waals surface area contributed by atoms with Gasteiger partial charge in [-0.3, -0.25) is 14.5 Å². The number of rotatable bonds is 3. The normalized spacial score (nSPS) is 22.2. The largest absolute Gasteiger partial charge is 0.462 e. The molecule has 0 saturated carbocycles. The number of nitrogens with zero attached hydrogens (tertiary/aromatic N) is 1. The maximum Gasteiger partial charge on any atom is 0.416 e. The Morgan fingerprint density at radius 3 is 2.51 bits per heavy atom. The van der Waals surface area contributed by atoms with E-state index in [1.165, 1.54) is 4.90 Å². The Kier molecular flexibility index (Phi) is 6.10. The van der Waals surface area contributed by atoms with Crippen LogP contribution in [0.15, 0.2) is 65.1 Å². The second-order valence-electron chi connectivity index (χ2n) is 10.5. The number of para-hydroxylation sites is 1. The quantitative estimate of drug-likeness (QED) is 0.485. The van der Waals surface area contributed by atoms with E-state index in [9.17, 15) is 27.6 Å². The lowest BCUT2D eigenvalue weighted by molar-refractivity contribution is -0.140. The van der Waals surface area contributed by atoms with Gasteiger partial charge in [0.1, 0.15) is 16.8 Å². The van der Waals surface area contributed by atoms with Gasteiger partial charge < -0.3 is 15.8 Å². The summed E-state index contributed by atoms with van der Waals surface area (Å²) in [6.07, 6.45) is -4.51. The zero-order valence-corrected chi connectivity index (χ0v) is 22.1. The molecule has 0 bridgehead atoms. The first-order chi connectivity index (χ1) is 18.2. The fourth-order valence-electron chi connectivity index (χ4n) is 5.83. The van der Waals surface area contributed by atoms with E-state index in [0.717, 1.165) is 18.2 Å². The summed E-state index contributed by atoms with van der Waals surface area (Å²) in [4.78, 5) is 42.7. The van der Waals surface area contributed by atoms with Crippen molar-refractivity contribution in [2.45, 2.75) is 45.2 Å². The molecule has 3 aliphatic rings. The topological polar surface area (TPSA) is 102 Å². The van der Waals surface area contributed by atoms with Crippen LogP contribution in [0.4, 0.5) is 24.5 Å². The number of anilines is 2. The average Bonchev–Trinajstić information content (AvgIpc) is 3.10. The van der Waals surface area contributed by atoms with Crippen LogP contribution in [0, 0.1) is 5.41 Å². The van der Waals surface area contributed by atoms with Crippen molar-refractivity contribution in [3.05, 3.63) is 81.3 Å². The molecule has 1 spiro atoms. The van der Waals surface area contributed by atoms with Crippen molar-refractivity contribution in [3.8, 4) is 0 Å². The molecule has 0 saturated heterocycles. The first kappa shape index (κ1) is 26.8. The van der Waals surface area contributed by atoms with Gasteiger partial charge in [0, 0.05) is 28.9 Å². The summed E-state index contributed by atoms with van der Waals surface area (Å²) in [5.41, 5.74) is 3.42. The summed E-state index contributed by atoms with van der Waals surface area (Å²) in [6, 6.07) is 9.32. The number of fused-ring (bicyclic) bond motifs is 3. The van der Waals surface area contributed by atoms with Crippen LogP contribution in [0.25, 0.3) is 0 Å². The highest BCUT2D eigenvalue weighted by atomic mass is 35.5. The van der Waals surface area contributed by atoms with Gasteiger partial charge in [-0.05, 0) is 43.0 Å². The van der Waals surface area contributed by atoms with Gasteiger partial charge in [-0.15, -0.1) is 0 Å². The Labute approximate surface area is 227 Å². The molecule has 5 rings (SSSR count). The molecule has 0 fully saturated rings. The lowest BCUT2D eigenvalue weighted by atomic mass is 9.60. The van der Waals surface area contributed by atoms with Crippen molar-refractivity contribution >= 4 is 40.6 Å². The Morgan fingerprint density at radius 2 is 1.85 bits per heavy atom. The fourth-order valence-corrected chi connectivity index (χ4v) is 6.03. The number of nitrogens with two attached hydrogens (primary N) is 1. The number of amides is 1. The highest BCUT2D eigenvalue weighted by Gasteiger charge is 2.63. The standard InChI is InChI=1S/C28H25ClF3N3O4/c1-4-39-24(37)22-23(33)35(18-11-14(28(30,31)32)9-10-16(18)29)19-12-26(2,3)13-20(36)21(19)27(22)15-7-5-6-8-17(15)34-25(27)38/h5-11H,4,12-13,33H2,1-3H3,(H,34,38). The third kappa shape index (κ3) is 3.92. The molecule has 1 atom stereocenters. The second-order valence-corrected chi connectivity index (χ2v) is 10.9. The number of esters is 1. The fraction of sp³-hybridized carbons (Fsp3) is 0.321. The van der Waals surface area contributed by atoms with Crippen molar-refractivity contribution in [1.82, 2.24) is 0 Å². The molecular weight excluding hydrogens is 535 g/mol. The third-order valence-corrected chi connectivity index (χ3v) is 7.60. The van der Waals surface area contributed by atoms with Crippen LogP contribution >= 0.6 is 11.6 Å². The Hall–Kier alpha value is -3.79. The van der Waals surface area contributed by atoms with Crippen LogP contribution in [0.5, 0.6) is 0 Å². The van der Waals surface area contributed by atoms with Crippen molar-refractivity contribution in [2.75, 3.05) is 16.8 Å². The van der Waals surface area contributed by atoms with Gasteiger partial charge in [-0.25, -0.2) is 4.79 Å². The molecule has 2 heterocycles. The van der Waals surface area contributed by atoms with Crippen molar-refractivity contribution in [1.29, 1.82) is 0 Å². The lowest BCUT2D eigenvalue weighted by Gasteiger charge is -2.47. The van der Waals surface area contributed by atoms with E-state index in [1.807, 2.05) is 13.8 Å². The van der Waals surface area contributed by atoms with Crippen LogP contribution in [0.2, 0.25) is 5.02 Å². The number of halogens is 4. The average molecular weight is 560 g/mol. The van der Waals surface area contributed by atoms with Gasteiger partial charge in [-0.2, -0.15) is 13.2 Å². The minimum absolute atomic E-state index is 0.0310. The van der Waals surface area contributed by atoms with Gasteiger partial charge in [0.2, 0.25) is 5.91 Å². The van der Waals surface area contributed by atoms with E-state index < -0.39 is 40.2 Å². The number of nitrogens with one attached hydrogen (secondary N) is 1. The van der Waals surface area contributed by atoms with Crippen LogP contribution in [0.3, 0.4) is 0 Å². The minimum Gasteiger partial charge on any atom is -0.462 e. The van der Waals surface area contributed by atoms with Crippen molar-refractivity contribution < 1.29 is 32.3 Å². The maximum atomic E-state index is 14.0. The van der Waals surface area contributed by atoms with Crippen LogP contribution < -0.4 is 16.0 Å². The first-order valence-corrected chi connectivity index (χ1v) is 12.6. The van der Waals surface area contributed by atoms with E-state index in [4.69, 9.17) is 22.1 Å². The molecule has 7 nitrogen and oxygen atoms in total. The molecule has 1 amide bonds. The summed E-state index contributed by atoms with van der Waals surface area (Å²) in [5.74, 6) is -2.43. The van der Waals surface area contributed by atoms with Gasteiger partial charge in [0.15, 0.2) is 5.78 Å². The zero-order valence-electron chi connectivity index (χ0n) is 21.3. The van der Waals surface area contributed by atoms with Gasteiger partial charge in [-0.1, -0.05) is 43.6 Å². The number of allylic oxidation sites excluding steroid dienone is 1. The SMILES string of the molecule is CCOC(=O)C1=C(N)N(c2cc(C(F)(F)F)ccc2Cl)C2=C(C(=O)CC(C)(C)C2)C12C(=O)Nc1ccccc12. The van der Waals surface area contributed by atoms with Gasteiger partial charge in [0.25, 0.3) is 0 Å². The van der Waals surface area contributed by atoms with Crippen LogP contribution in [0.1, 0.15) is 44.7 Å². The van der Waals surface area contributed by atoms with Crippen LogP contribution in [-0.2, 0) is 30.7 Å². The highest BCUT2D eigenvalue weighted by Crippen LogP contribution is 2.58. The molecule has 2 aliphatic heterocycles.